The molecule has 0 unspecified atom stereocenters. The van der Waals surface area contributed by atoms with E-state index in [1.807, 2.05) is 0 Å². The summed E-state index contributed by atoms with van der Waals surface area (Å²) >= 11 is 0. The topological polar surface area (TPSA) is 0 Å². The number of hydrogen-bond acceptors (Lipinski definition) is 0. The summed E-state index contributed by atoms with van der Waals surface area (Å²) in [5, 5.41) is 0. The first-order valence-electron chi connectivity index (χ1n) is 11.6. The van der Waals surface area contributed by atoms with E-state index >= 15 is 0 Å². The second kappa shape index (κ2) is 12.0. The van der Waals surface area contributed by atoms with Crippen LogP contribution in [0.1, 0.15) is 95.7 Å². The van der Waals surface area contributed by atoms with E-state index in [4.69, 9.17) is 0 Å². The summed E-state index contributed by atoms with van der Waals surface area (Å²) in [6, 6.07) is 21.7. The van der Waals surface area contributed by atoms with Crippen LogP contribution < -0.4 is 24.8 Å². The van der Waals surface area contributed by atoms with Crippen molar-refractivity contribution < 1.29 is 51.0 Å². The average molecular weight is 575 g/mol. The summed E-state index contributed by atoms with van der Waals surface area (Å²) in [4.78, 5) is 0. The summed E-state index contributed by atoms with van der Waals surface area (Å²) < 4.78 is 0. The number of benzene rings is 2. The summed E-state index contributed by atoms with van der Waals surface area (Å²) in [5.41, 5.74) is 11.9. The molecule has 0 amide bonds. The molecular weight excluding hydrogens is 534 g/mol. The molecule has 182 valence electrons. The normalized spacial score (nSPS) is 12.2. The molecule has 3 aromatic rings. The number of rotatable bonds is 0. The fraction of sp³-hybridized carbons (Fsp3) is 0.452. The Kier molecular flexibility index (Phi) is 11.7. The minimum absolute atomic E-state index is 0. The molecule has 1 aliphatic rings. The zero-order valence-electron chi connectivity index (χ0n) is 22.6. The fourth-order valence-corrected chi connectivity index (χ4v) is 4.01. The molecule has 34 heavy (non-hydrogen) atoms. The number of halogens is 2. The molecule has 0 fully saturated rings. The molecule has 0 saturated heterocycles. The van der Waals surface area contributed by atoms with E-state index in [0.717, 1.165) is 6.42 Å². The molecule has 0 spiro atoms. The van der Waals surface area contributed by atoms with Crippen LogP contribution in [0.15, 0.2) is 48.5 Å². The molecule has 0 nitrogen and oxygen atoms in total. The molecule has 0 bridgehead atoms. The Morgan fingerprint density at radius 1 is 0.706 bits per heavy atom. The average Bonchev–Trinajstić information content (AvgIpc) is 3.23. The van der Waals surface area contributed by atoms with E-state index in [2.05, 4.69) is 124 Å². The molecule has 3 aromatic carbocycles. The molecule has 4 rings (SSSR count). The summed E-state index contributed by atoms with van der Waals surface area (Å²) in [6.45, 7) is 22.5. The molecule has 0 saturated carbocycles. The summed E-state index contributed by atoms with van der Waals surface area (Å²) in [5.74, 6) is 0. The van der Waals surface area contributed by atoms with Gasteiger partial charge < -0.3 is 24.8 Å². The van der Waals surface area contributed by atoms with E-state index in [1.54, 1.807) is 0 Å². The third kappa shape index (κ3) is 7.88. The van der Waals surface area contributed by atoms with Gasteiger partial charge in [-0.25, -0.2) is 6.07 Å². The molecule has 0 aliphatic heterocycles. The van der Waals surface area contributed by atoms with Crippen LogP contribution in [0.2, 0.25) is 0 Å². The zero-order chi connectivity index (χ0) is 23.2. The van der Waals surface area contributed by atoms with Crippen LogP contribution in [0.3, 0.4) is 0 Å². The van der Waals surface area contributed by atoms with E-state index < -0.39 is 0 Å². The number of aryl methyl sites for hydroxylation is 1. The maximum Gasteiger partial charge on any atom is 4.00 e. The van der Waals surface area contributed by atoms with Crippen LogP contribution in [0.5, 0.6) is 0 Å². The van der Waals surface area contributed by atoms with Gasteiger partial charge in [0.2, 0.25) is 0 Å². The monoisotopic (exact) mass is 572 g/mol. The van der Waals surface area contributed by atoms with Gasteiger partial charge in [-0.2, -0.15) is 52.6 Å². The van der Waals surface area contributed by atoms with Gasteiger partial charge >= 0.3 is 26.2 Å². The van der Waals surface area contributed by atoms with Gasteiger partial charge in [0.1, 0.15) is 0 Å². The largest absolute Gasteiger partial charge is 4.00 e. The minimum Gasteiger partial charge on any atom is -1.00 e. The van der Waals surface area contributed by atoms with Crippen molar-refractivity contribution in [3.8, 4) is 11.1 Å². The summed E-state index contributed by atoms with van der Waals surface area (Å²) in [7, 11) is 0. The Labute approximate surface area is 240 Å². The molecule has 0 radical (unpaired) electrons. The summed E-state index contributed by atoms with van der Waals surface area (Å²) in [6.07, 6.45) is 1.03. The second-order valence-electron chi connectivity index (χ2n) is 12.3. The minimum atomic E-state index is 0. The van der Waals surface area contributed by atoms with Gasteiger partial charge in [0.25, 0.3) is 0 Å². The quantitative estimate of drug-likeness (QED) is 0.284. The third-order valence-electron chi connectivity index (χ3n) is 6.30. The molecule has 0 aromatic heterocycles. The van der Waals surface area contributed by atoms with Crippen molar-refractivity contribution in [3.63, 3.8) is 0 Å². The maximum absolute atomic E-state index is 3.53. The van der Waals surface area contributed by atoms with Crippen LogP contribution in [0.25, 0.3) is 11.1 Å². The van der Waals surface area contributed by atoms with Crippen molar-refractivity contribution in [1.29, 1.82) is 0 Å². The Balaban J connectivity index is 0.000000721. The van der Waals surface area contributed by atoms with Crippen molar-refractivity contribution in [1.82, 2.24) is 0 Å². The van der Waals surface area contributed by atoms with Crippen LogP contribution in [-0.2, 0) is 48.9 Å². The Bertz CT molecular complexity index is 1010. The predicted molar refractivity (Wildman–Crippen MR) is 136 cm³/mol. The molecule has 0 N–H and O–H groups in total. The molecule has 0 heterocycles. The van der Waals surface area contributed by atoms with E-state index in [9.17, 15) is 0 Å². The first kappa shape index (κ1) is 33.3. The number of hydrogen-bond donors (Lipinski definition) is 0. The number of fused-ring (bicyclic) bond motifs is 3. The SMILES string of the molecule is CC(C)(C)c1c[c-]c2c(c1)-c1cc(C(C)(C)C)ccc1C2.Cc1cc(C(C)(C)C)c[cH-]1.[Cl-].[Cl-].[Zr+4]. The maximum atomic E-state index is 3.53. The smallest absolute Gasteiger partial charge is 1.00 e. The molecular formula is C31H40Cl2Zr. The van der Waals surface area contributed by atoms with Crippen LogP contribution in [-0.4, -0.2) is 0 Å². The van der Waals surface area contributed by atoms with Gasteiger partial charge in [0.05, 0.1) is 0 Å². The standard InChI is InChI=1S/C21H25.C10H15.2ClH.Zr/c1-20(2,3)16-9-7-14-11-15-8-10-17(21(4,5)6)13-19(15)18(14)12-16;1-8-5-6-9(7-8)10(2,3)4;;;/h7,9-10,12-13H,11H2,1-6H3;5-7H,1-4H3;2*1H;/q2*-1;;;+4/p-2. The van der Waals surface area contributed by atoms with E-state index in [-0.39, 0.29) is 61.8 Å². The Morgan fingerprint density at radius 3 is 1.68 bits per heavy atom. The van der Waals surface area contributed by atoms with E-state index in [0.29, 0.717) is 5.41 Å². The van der Waals surface area contributed by atoms with Crippen LogP contribution in [0, 0.1) is 13.0 Å². The van der Waals surface area contributed by atoms with Gasteiger partial charge in [0.15, 0.2) is 0 Å². The van der Waals surface area contributed by atoms with Gasteiger partial charge in [-0.15, -0.1) is 5.56 Å². The second-order valence-corrected chi connectivity index (χ2v) is 12.3. The van der Waals surface area contributed by atoms with Crippen molar-refractivity contribution >= 4 is 0 Å². The van der Waals surface area contributed by atoms with Crippen molar-refractivity contribution in [2.45, 2.75) is 91.9 Å². The van der Waals surface area contributed by atoms with Crippen molar-refractivity contribution in [2.24, 2.45) is 0 Å². The zero-order valence-corrected chi connectivity index (χ0v) is 26.6. The Morgan fingerprint density at radius 2 is 1.24 bits per heavy atom. The first-order chi connectivity index (χ1) is 14.2. The van der Waals surface area contributed by atoms with Gasteiger partial charge in [-0.3, -0.25) is 0 Å². The van der Waals surface area contributed by atoms with Crippen LogP contribution in [0.4, 0.5) is 0 Å². The molecule has 3 heteroatoms. The Hall–Kier alpha value is -0.747. The van der Waals surface area contributed by atoms with Crippen molar-refractivity contribution in [3.05, 3.63) is 88.0 Å². The third-order valence-corrected chi connectivity index (χ3v) is 6.30. The predicted octanol–water partition coefficient (Wildman–Crippen LogP) is 2.67. The van der Waals surface area contributed by atoms with Gasteiger partial charge in [-0.1, -0.05) is 109 Å². The fourth-order valence-electron chi connectivity index (χ4n) is 4.01. The molecule has 0 atom stereocenters. The first-order valence-corrected chi connectivity index (χ1v) is 11.6. The van der Waals surface area contributed by atoms with Crippen LogP contribution >= 0.6 is 0 Å². The van der Waals surface area contributed by atoms with E-state index in [1.165, 1.54) is 44.5 Å². The molecule has 1 aliphatic carbocycles. The van der Waals surface area contributed by atoms with Gasteiger partial charge in [-0.05, 0) is 17.4 Å². The van der Waals surface area contributed by atoms with Gasteiger partial charge in [0, 0.05) is 0 Å². The van der Waals surface area contributed by atoms with Crippen molar-refractivity contribution in [2.75, 3.05) is 0 Å².